The topological polar surface area (TPSA) is 81.6 Å². The maximum atomic E-state index is 13.9. The molecular weight excluding hydrogens is 682 g/mol. The molecule has 0 saturated heterocycles. The molecule has 1 aromatic heterocycles. The van der Waals surface area contributed by atoms with Gasteiger partial charge in [-0.2, -0.15) is 39.5 Å². The van der Waals surface area contributed by atoms with Crippen molar-refractivity contribution in [3.63, 3.8) is 0 Å². The Morgan fingerprint density at radius 1 is 0.857 bits per heavy atom. The van der Waals surface area contributed by atoms with E-state index < -0.39 is 59.8 Å². The zero-order valence-electron chi connectivity index (χ0n) is 26.7. The summed E-state index contributed by atoms with van der Waals surface area (Å²) in [7, 11) is 0. The smallest absolute Gasteiger partial charge is 0.550 e. The summed E-state index contributed by atoms with van der Waals surface area (Å²) in [6.07, 6.45) is -10.3. The molecule has 2 aromatic carbocycles. The summed E-state index contributed by atoms with van der Waals surface area (Å²) in [5, 5.41) is 10.6. The molecule has 17 heteroatoms. The SMILES string of the molecule is CCCN(CC1CC1)c1ccc(C(F)(F)F)cc1CN(Cc1cc(C(F)(F)F)cc(C(F)(F)F)c1)c1ncc(OCCCC(=O)[O-])cn1.[Na+]. The van der Waals surface area contributed by atoms with Gasteiger partial charge in [-0.25, -0.2) is 9.97 Å². The zero-order valence-corrected chi connectivity index (χ0v) is 28.7. The van der Waals surface area contributed by atoms with Crippen molar-refractivity contribution in [1.82, 2.24) is 9.97 Å². The van der Waals surface area contributed by atoms with Crippen molar-refractivity contribution in [2.24, 2.45) is 5.92 Å². The summed E-state index contributed by atoms with van der Waals surface area (Å²) in [6.45, 7) is 1.87. The van der Waals surface area contributed by atoms with E-state index in [1.165, 1.54) is 11.0 Å². The number of carbonyl (C=O) groups is 1. The number of alkyl halides is 9. The number of nitrogens with zero attached hydrogens (tertiary/aromatic N) is 4. The fraction of sp³-hybridized carbons (Fsp3) is 0.469. The van der Waals surface area contributed by atoms with Crippen LogP contribution in [0.15, 0.2) is 48.8 Å². The largest absolute Gasteiger partial charge is 1.00 e. The quantitative estimate of drug-likeness (QED) is 0.132. The Balaban J connectivity index is 0.00000650. The Labute approximate surface area is 298 Å². The van der Waals surface area contributed by atoms with Crippen molar-refractivity contribution < 1.29 is 83.7 Å². The van der Waals surface area contributed by atoms with Gasteiger partial charge in [0, 0.05) is 37.8 Å². The molecule has 1 heterocycles. The second-order valence-corrected chi connectivity index (χ2v) is 11.5. The standard InChI is InChI=1S/C32H33F9N4O3.Na/c1-2-9-44(17-20-5-6-20)27-8-7-23(30(33,34)35)13-22(27)19-45(29-42-15-26(16-43-29)48-10-3-4-28(46)47)18-21-11-24(31(36,37)38)14-25(12-21)32(39,40)41;/h7-8,11-16,20H,2-6,9-10,17-19H2,1H3,(H,46,47);/q;+1/p-1. The number of anilines is 2. The van der Waals surface area contributed by atoms with E-state index >= 15 is 0 Å². The Bertz CT molecular complexity index is 1510. The van der Waals surface area contributed by atoms with E-state index in [2.05, 4.69) is 9.97 Å². The summed E-state index contributed by atoms with van der Waals surface area (Å²) < 4.78 is 129. The number of rotatable bonds is 15. The molecule has 0 atom stereocenters. The molecule has 0 amide bonds. The Morgan fingerprint density at radius 3 is 1.96 bits per heavy atom. The number of halogens is 9. The number of hydrogen-bond donors (Lipinski definition) is 0. The van der Waals surface area contributed by atoms with Crippen molar-refractivity contribution in [3.05, 3.63) is 76.6 Å². The van der Waals surface area contributed by atoms with E-state index in [1.54, 1.807) is 0 Å². The number of aliphatic carboxylic acids is 1. The molecule has 4 rings (SSSR count). The average Bonchev–Trinajstić information content (AvgIpc) is 3.82. The number of carboxylic acids is 1. The van der Waals surface area contributed by atoms with Gasteiger partial charge in [0.2, 0.25) is 5.95 Å². The summed E-state index contributed by atoms with van der Waals surface area (Å²) in [5.74, 6) is -1.08. The van der Waals surface area contributed by atoms with Crippen molar-refractivity contribution in [3.8, 4) is 5.75 Å². The van der Waals surface area contributed by atoms with Crippen molar-refractivity contribution in [2.45, 2.75) is 70.6 Å². The molecule has 0 aliphatic heterocycles. The summed E-state index contributed by atoms with van der Waals surface area (Å²) in [6, 6.07) is 4.25. The minimum Gasteiger partial charge on any atom is -0.550 e. The Morgan fingerprint density at radius 2 is 1.45 bits per heavy atom. The third-order valence-electron chi connectivity index (χ3n) is 7.49. The van der Waals surface area contributed by atoms with Gasteiger partial charge >= 0.3 is 48.1 Å². The van der Waals surface area contributed by atoms with Gasteiger partial charge in [0.1, 0.15) is 0 Å². The number of carbonyl (C=O) groups excluding carboxylic acids is 1. The fourth-order valence-electron chi connectivity index (χ4n) is 5.08. The van der Waals surface area contributed by atoms with Crippen LogP contribution < -0.4 is 49.2 Å². The minimum atomic E-state index is -5.12. The molecule has 0 bridgehead atoms. The van der Waals surface area contributed by atoms with Gasteiger partial charge in [0.25, 0.3) is 0 Å². The van der Waals surface area contributed by atoms with Gasteiger partial charge in [-0.1, -0.05) is 6.92 Å². The van der Waals surface area contributed by atoms with Crippen molar-refractivity contribution in [1.29, 1.82) is 0 Å². The van der Waals surface area contributed by atoms with Crippen LogP contribution in [0.3, 0.4) is 0 Å². The van der Waals surface area contributed by atoms with Gasteiger partial charge in [0.05, 0.1) is 35.7 Å². The molecule has 3 aromatic rings. The molecule has 262 valence electrons. The van der Waals surface area contributed by atoms with Gasteiger partial charge in [-0.15, -0.1) is 0 Å². The molecule has 0 radical (unpaired) electrons. The van der Waals surface area contributed by atoms with E-state index in [1.807, 2.05) is 11.8 Å². The molecule has 0 spiro atoms. The molecule has 0 N–H and O–H groups in total. The number of benzene rings is 2. The molecule has 1 aliphatic rings. The maximum absolute atomic E-state index is 13.9. The second kappa shape index (κ2) is 16.6. The van der Waals surface area contributed by atoms with Gasteiger partial charge < -0.3 is 24.4 Å². The van der Waals surface area contributed by atoms with Crippen LogP contribution in [0.4, 0.5) is 51.1 Å². The summed E-state index contributed by atoms with van der Waals surface area (Å²) >= 11 is 0. The maximum Gasteiger partial charge on any atom is 1.00 e. The third kappa shape index (κ3) is 11.9. The molecule has 1 fully saturated rings. The minimum absolute atomic E-state index is 0. The molecule has 0 unspecified atom stereocenters. The molecule has 1 aliphatic carbocycles. The first-order valence-corrected chi connectivity index (χ1v) is 15.1. The molecule has 7 nitrogen and oxygen atoms in total. The number of hydrogen-bond acceptors (Lipinski definition) is 7. The van der Waals surface area contributed by atoms with E-state index in [-0.39, 0.29) is 72.3 Å². The van der Waals surface area contributed by atoms with Crippen LogP contribution in [0.1, 0.15) is 66.8 Å². The number of carboxylic acid groups (broad SMARTS) is 1. The van der Waals surface area contributed by atoms with E-state index in [0.717, 1.165) is 37.4 Å². The predicted molar refractivity (Wildman–Crippen MR) is 155 cm³/mol. The zero-order chi connectivity index (χ0) is 35.3. The summed E-state index contributed by atoms with van der Waals surface area (Å²) in [4.78, 5) is 22.0. The van der Waals surface area contributed by atoms with Crippen LogP contribution in [-0.4, -0.2) is 35.6 Å². The van der Waals surface area contributed by atoms with E-state index in [9.17, 15) is 49.4 Å². The first kappa shape index (κ1) is 40.2. The monoisotopic (exact) mass is 714 g/mol. The van der Waals surface area contributed by atoms with E-state index in [0.29, 0.717) is 43.2 Å². The number of aromatic nitrogens is 2. The second-order valence-electron chi connectivity index (χ2n) is 11.5. The van der Waals surface area contributed by atoms with Crippen LogP contribution in [0, 0.1) is 5.92 Å². The first-order chi connectivity index (χ1) is 22.4. The Kier molecular flexibility index (Phi) is 13.7. The van der Waals surface area contributed by atoms with E-state index in [4.69, 9.17) is 4.74 Å². The van der Waals surface area contributed by atoms with Gasteiger partial charge in [-0.05, 0) is 85.5 Å². The molecular formula is C32H32F9N4NaO3. The van der Waals surface area contributed by atoms with Crippen molar-refractivity contribution in [2.75, 3.05) is 29.5 Å². The number of ether oxygens (including phenoxy) is 1. The third-order valence-corrected chi connectivity index (χ3v) is 7.49. The molecule has 1 saturated carbocycles. The van der Waals surface area contributed by atoms with Crippen LogP contribution in [0.25, 0.3) is 0 Å². The van der Waals surface area contributed by atoms with Gasteiger partial charge in [0.15, 0.2) is 5.75 Å². The van der Waals surface area contributed by atoms with Crippen LogP contribution in [0.5, 0.6) is 5.75 Å². The van der Waals surface area contributed by atoms with Crippen LogP contribution in [0.2, 0.25) is 0 Å². The first-order valence-electron chi connectivity index (χ1n) is 15.1. The fourth-order valence-corrected chi connectivity index (χ4v) is 5.08. The Hall–Kier alpha value is -3.24. The predicted octanol–water partition coefficient (Wildman–Crippen LogP) is 4.28. The normalized spacial score (nSPS) is 13.5. The van der Waals surface area contributed by atoms with Gasteiger partial charge in [-0.3, -0.25) is 0 Å². The van der Waals surface area contributed by atoms with Crippen LogP contribution >= 0.6 is 0 Å². The summed E-state index contributed by atoms with van der Waals surface area (Å²) in [5.41, 5.74) is -3.95. The van der Waals surface area contributed by atoms with Crippen molar-refractivity contribution >= 4 is 17.6 Å². The molecule has 49 heavy (non-hydrogen) atoms. The average molecular weight is 715 g/mol. The van der Waals surface area contributed by atoms with Crippen LogP contribution in [-0.2, 0) is 36.4 Å².